The molecule has 60 heavy (non-hydrogen) atoms. The molecule has 0 spiro atoms. The van der Waals surface area contributed by atoms with E-state index in [-0.39, 0.29) is 10.8 Å². The van der Waals surface area contributed by atoms with Crippen LogP contribution in [0.4, 0.5) is 0 Å². The summed E-state index contributed by atoms with van der Waals surface area (Å²) in [5.41, 5.74) is 12.1. The molecule has 290 valence electrons. The standard InChI is InChI=1S/C54H44N6/c1-53(2,3)38-25-28-47-42(31-38)43-32-39(54(4,5)6)26-29-48(43)59(47)49-27-24-37(35-22-20-34(33-55)21-23-35)30-44(49)51-56-50(36-14-8-7-9-15-36)57-52(58-51)60-45-18-12-10-16-40(45)41-17-11-13-19-46(41)60/h7-32H,1-6H3. The van der Waals surface area contributed by atoms with Gasteiger partial charge in [-0.1, -0.05) is 139 Å². The summed E-state index contributed by atoms with van der Waals surface area (Å²) in [7, 11) is 0. The van der Waals surface area contributed by atoms with Gasteiger partial charge in [0.2, 0.25) is 5.95 Å². The SMILES string of the molecule is CC(C)(C)c1ccc2c(c1)c1cc(C(C)(C)C)ccc1n2-c1ccc(-c2ccc(C#N)cc2)cc1-c1nc(-c2ccccc2)nc(-n2c3ccccc3c3ccccc32)n1. The predicted octanol–water partition coefficient (Wildman–Crippen LogP) is 13.5. The van der Waals surface area contributed by atoms with E-state index >= 15 is 0 Å². The van der Waals surface area contributed by atoms with Crippen LogP contribution >= 0.6 is 0 Å². The van der Waals surface area contributed by atoms with E-state index in [0.29, 0.717) is 23.2 Å². The summed E-state index contributed by atoms with van der Waals surface area (Å²) >= 11 is 0. The lowest BCUT2D eigenvalue weighted by atomic mass is 9.85. The summed E-state index contributed by atoms with van der Waals surface area (Å²) in [6, 6.07) is 57.4. The molecule has 3 aromatic heterocycles. The molecule has 0 aliphatic carbocycles. The minimum Gasteiger partial charge on any atom is -0.309 e. The number of benzene rings is 7. The quantitative estimate of drug-likeness (QED) is 0.174. The second kappa shape index (κ2) is 13.9. The van der Waals surface area contributed by atoms with Crippen LogP contribution in [-0.2, 0) is 10.8 Å². The number of aromatic nitrogens is 5. The second-order valence-corrected chi connectivity index (χ2v) is 17.7. The van der Waals surface area contributed by atoms with Gasteiger partial charge in [-0.3, -0.25) is 4.57 Å². The minimum absolute atomic E-state index is 0.0277. The molecule has 0 atom stereocenters. The monoisotopic (exact) mass is 776 g/mol. The first-order valence-corrected chi connectivity index (χ1v) is 20.5. The van der Waals surface area contributed by atoms with E-state index < -0.39 is 0 Å². The molecule has 3 heterocycles. The van der Waals surface area contributed by atoms with Crippen LogP contribution in [0.25, 0.3) is 89.2 Å². The van der Waals surface area contributed by atoms with Gasteiger partial charge in [0.05, 0.1) is 39.4 Å². The lowest BCUT2D eigenvalue weighted by Crippen LogP contribution is -2.10. The van der Waals surface area contributed by atoms with Crippen LogP contribution in [0.1, 0.15) is 58.2 Å². The molecule has 10 aromatic rings. The molecular formula is C54H44N6. The molecule has 7 aromatic carbocycles. The Hall–Kier alpha value is -7.36. The van der Waals surface area contributed by atoms with Gasteiger partial charge < -0.3 is 4.57 Å². The topological polar surface area (TPSA) is 72.3 Å². The van der Waals surface area contributed by atoms with E-state index in [1.54, 1.807) is 0 Å². The highest BCUT2D eigenvalue weighted by atomic mass is 15.2. The van der Waals surface area contributed by atoms with Crippen molar-refractivity contribution in [2.24, 2.45) is 0 Å². The smallest absolute Gasteiger partial charge is 0.238 e. The van der Waals surface area contributed by atoms with Gasteiger partial charge >= 0.3 is 0 Å². The molecular weight excluding hydrogens is 733 g/mol. The number of hydrogen-bond acceptors (Lipinski definition) is 4. The zero-order valence-electron chi connectivity index (χ0n) is 34.7. The van der Waals surface area contributed by atoms with E-state index in [1.807, 2.05) is 42.5 Å². The number of nitriles is 1. The third-order valence-electron chi connectivity index (χ3n) is 11.8. The van der Waals surface area contributed by atoms with Gasteiger partial charge in [0, 0.05) is 32.7 Å². The van der Waals surface area contributed by atoms with Crippen LogP contribution in [-0.4, -0.2) is 24.1 Å². The van der Waals surface area contributed by atoms with Crippen LogP contribution in [0, 0.1) is 11.3 Å². The zero-order chi connectivity index (χ0) is 41.3. The third-order valence-corrected chi connectivity index (χ3v) is 11.8. The fourth-order valence-electron chi connectivity index (χ4n) is 8.48. The van der Waals surface area contributed by atoms with Gasteiger partial charge in [-0.25, -0.2) is 4.98 Å². The molecule has 0 unspecified atom stereocenters. The summed E-state index contributed by atoms with van der Waals surface area (Å²) in [5, 5.41) is 14.3. The first-order valence-electron chi connectivity index (χ1n) is 20.5. The van der Waals surface area contributed by atoms with E-state index in [2.05, 4.69) is 172 Å². The zero-order valence-corrected chi connectivity index (χ0v) is 34.7. The van der Waals surface area contributed by atoms with Crippen molar-refractivity contribution in [3.8, 4) is 51.6 Å². The van der Waals surface area contributed by atoms with Crippen molar-refractivity contribution in [3.63, 3.8) is 0 Å². The van der Waals surface area contributed by atoms with Gasteiger partial charge in [-0.15, -0.1) is 0 Å². The lowest BCUT2D eigenvalue weighted by Gasteiger charge is -2.19. The van der Waals surface area contributed by atoms with Crippen molar-refractivity contribution >= 4 is 43.6 Å². The number of para-hydroxylation sites is 2. The van der Waals surface area contributed by atoms with Crippen molar-refractivity contribution in [1.29, 1.82) is 5.26 Å². The molecule has 0 N–H and O–H groups in total. The van der Waals surface area contributed by atoms with Crippen LogP contribution in [0.2, 0.25) is 0 Å². The Balaban J connectivity index is 1.31. The summed E-state index contributed by atoms with van der Waals surface area (Å²) in [6.07, 6.45) is 0. The molecule has 0 radical (unpaired) electrons. The van der Waals surface area contributed by atoms with Crippen molar-refractivity contribution < 1.29 is 0 Å². The molecule has 0 saturated heterocycles. The highest BCUT2D eigenvalue weighted by molar-refractivity contribution is 6.11. The van der Waals surface area contributed by atoms with Crippen LogP contribution in [0.15, 0.2) is 158 Å². The summed E-state index contributed by atoms with van der Waals surface area (Å²) in [6.45, 7) is 13.6. The minimum atomic E-state index is -0.0277. The average molecular weight is 777 g/mol. The number of fused-ring (bicyclic) bond motifs is 6. The third kappa shape index (κ3) is 6.22. The van der Waals surface area contributed by atoms with Crippen molar-refractivity contribution in [3.05, 3.63) is 174 Å². The van der Waals surface area contributed by atoms with E-state index in [9.17, 15) is 5.26 Å². The Morgan fingerprint density at radius 1 is 0.433 bits per heavy atom. The van der Waals surface area contributed by atoms with Crippen molar-refractivity contribution in [2.45, 2.75) is 52.4 Å². The molecule has 0 saturated carbocycles. The normalized spacial score (nSPS) is 12.2. The van der Waals surface area contributed by atoms with Gasteiger partial charge in [-0.05, 0) is 93.7 Å². The Labute approximate surface area is 350 Å². The van der Waals surface area contributed by atoms with Crippen LogP contribution in [0.3, 0.4) is 0 Å². The molecule has 6 nitrogen and oxygen atoms in total. The first kappa shape index (κ1) is 36.9. The highest BCUT2D eigenvalue weighted by Gasteiger charge is 2.24. The average Bonchev–Trinajstić information content (AvgIpc) is 3.78. The van der Waals surface area contributed by atoms with Gasteiger partial charge in [-0.2, -0.15) is 15.2 Å². The Kier molecular flexibility index (Phi) is 8.55. The van der Waals surface area contributed by atoms with Crippen LogP contribution in [0.5, 0.6) is 0 Å². The Morgan fingerprint density at radius 3 is 1.52 bits per heavy atom. The van der Waals surface area contributed by atoms with Crippen LogP contribution < -0.4 is 0 Å². The molecule has 0 amide bonds. The second-order valence-electron chi connectivity index (χ2n) is 17.7. The summed E-state index contributed by atoms with van der Waals surface area (Å²) in [5.74, 6) is 1.68. The molecule has 0 bridgehead atoms. The summed E-state index contributed by atoms with van der Waals surface area (Å²) < 4.78 is 4.54. The Morgan fingerprint density at radius 2 is 0.950 bits per heavy atom. The fourth-order valence-corrected chi connectivity index (χ4v) is 8.48. The number of hydrogen-bond donors (Lipinski definition) is 0. The number of rotatable bonds is 5. The van der Waals surface area contributed by atoms with Crippen molar-refractivity contribution in [1.82, 2.24) is 24.1 Å². The predicted molar refractivity (Wildman–Crippen MR) is 247 cm³/mol. The maximum absolute atomic E-state index is 9.61. The molecule has 0 aliphatic heterocycles. The molecule has 0 aliphatic rings. The van der Waals surface area contributed by atoms with Gasteiger partial charge in [0.1, 0.15) is 0 Å². The molecule has 10 rings (SSSR count). The first-order chi connectivity index (χ1) is 29.0. The maximum atomic E-state index is 9.61. The summed E-state index contributed by atoms with van der Waals surface area (Å²) in [4.78, 5) is 16.0. The maximum Gasteiger partial charge on any atom is 0.238 e. The van der Waals surface area contributed by atoms with Gasteiger partial charge in [0.25, 0.3) is 0 Å². The lowest BCUT2D eigenvalue weighted by molar-refractivity contribution is 0.590. The number of nitrogens with zero attached hydrogens (tertiary/aromatic N) is 6. The van der Waals surface area contributed by atoms with E-state index in [4.69, 9.17) is 15.0 Å². The van der Waals surface area contributed by atoms with Gasteiger partial charge in [0.15, 0.2) is 11.6 Å². The highest BCUT2D eigenvalue weighted by Crippen LogP contribution is 2.41. The largest absolute Gasteiger partial charge is 0.309 e. The fraction of sp³-hybridized carbons (Fsp3) is 0.148. The van der Waals surface area contributed by atoms with E-state index in [1.165, 1.54) is 21.9 Å². The molecule has 6 heteroatoms. The van der Waals surface area contributed by atoms with E-state index in [0.717, 1.165) is 60.8 Å². The molecule has 0 fully saturated rings. The van der Waals surface area contributed by atoms with Crippen molar-refractivity contribution in [2.75, 3.05) is 0 Å². The Bertz CT molecular complexity index is 3210.